The molecule has 0 saturated heterocycles. The minimum absolute atomic E-state index is 0. The Kier molecular flexibility index (Phi) is 9.04. The van der Waals surface area contributed by atoms with Crippen LogP contribution in [0.5, 0.6) is 0 Å². The third-order valence-electron chi connectivity index (χ3n) is 4.35. The van der Waals surface area contributed by atoms with Gasteiger partial charge in [0.2, 0.25) is 0 Å². The molecule has 0 amide bonds. The molecule has 0 aliphatic carbocycles. The van der Waals surface area contributed by atoms with Crippen molar-refractivity contribution < 1.29 is 8.78 Å². The highest BCUT2D eigenvalue weighted by Gasteiger charge is 2.07. The lowest BCUT2D eigenvalue weighted by molar-refractivity contribution is 0.498. The first kappa shape index (κ1) is 22.8. The summed E-state index contributed by atoms with van der Waals surface area (Å²) >= 11 is 0. The van der Waals surface area contributed by atoms with E-state index in [0.717, 1.165) is 18.2 Å². The molecule has 2 aromatic carbocycles. The van der Waals surface area contributed by atoms with Crippen molar-refractivity contribution in [3.8, 4) is 5.69 Å². The van der Waals surface area contributed by atoms with Gasteiger partial charge in [-0.2, -0.15) is 5.10 Å². The molecule has 5 nitrogen and oxygen atoms in total. The summed E-state index contributed by atoms with van der Waals surface area (Å²) in [5.74, 6) is -0.977. The summed E-state index contributed by atoms with van der Waals surface area (Å²) < 4.78 is 28.7. The van der Waals surface area contributed by atoms with Crippen LogP contribution in [0.3, 0.4) is 0 Å². The maximum absolute atomic E-state index is 13.7. The summed E-state index contributed by atoms with van der Waals surface area (Å²) in [5, 5.41) is 10.6. The van der Waals surface area contributed by atoms with E-state index in [1.165, 1.54) is 11.6 Å². The second kappa shape index (κ2) is 11.5. The maximum Gasteiger partial charge on any atom is 0.190 e. The molecule has 0 aliphatic heterocycles. The van der Waals surface area contributed by atoms with E-state index in [2.05, 4.69) is 32.9 Å². The molecule has 0 fully saturated rings. The zero-order chi connectivity index (χ0) is 19.8. The van der Waals surface area contributed by atoms with E-state index in [-0.39, 0.29) is 24.0 Å². The number of guanidine groups is 1. The van der Waals surface area contributed by atoms with Gasteiger partial charge in [-0.05, 0) is 48.2 Å². The SMILES string of the molecule is CN=C(NCCc1ccc(-n2cccn2)cc1)NCCc1cccc(F)c1F.I. The first-order valence-corrected chi connectivity index (χ1v) is 9.14. The zero-order valence-corrected chi connectivity index (χ0v) is 18.4. The average molecular weight is 511 g/mol. The lowest BCUT2D eigenvalue weighted by Gasteiger charge is -2.12. The van der Waals surface area contributed by atoms with Crippen molar-refractivity contribution in [2.24, 2.45) is 4.99 Å². The molecule has 0 spiro atoms. The Balaban J connectivity index is 0.00000300. The monoisotopic (exact) mass is 511 g/mol. The van der Waals surface area contributed by atoms with Crippen molar-refractivity contribution in [2.75, 3.05) is 20.1 Å². The number of aromatic nitrogens is 2. The topological polar surface area (TPSA) is 54.2 Å². The summed E-state index contributed by atoms with van der Waals surface area (Å²) in [4.78, 5) is 4.15. The van der Waals surface area contributed by atoms with Gasteiger partial charge in [0.25, 0.3) is 0 Å². The van der Waals surface area contributed by atoms with Crippen LogP contribution in [0, 0.1) is 11.6 Å². The lowest BCUT2D eigenvalue weighted by atomic mass is 10.1. The average Bonchev–Trinajstić information content (AvgIpc) is 3.25. The number of nitrogens with zero attached hydrogens (tertiary/aromatic N) is 3. The maximum atomic E-state index is 13.7. The van der Waals surface area contributed by atoms with Crippen molar-refractivity contribution in [3.05, 3.63) is 83.7 Å². The van der Waals surface area contributed by atoms with Crippen molar-refractivity contribution >= 4 is 29.9 Å². The van der Waals surface area contributed by atoms with Crippen LogP contribution >= 0.6 is 24.0 Å². The number of hydrogen-bond donors (Lipinski definition) is 2. The first-order chi connectivity index (χ1) is 13.7. The summed E-state index contributed by atoms with van der Waals surface area (Å²) in [7, 11) is 1.68. The molecule has 0 aliphatic rings. The van der Waals surface area contributed by atoms with E-state index >= 15 is 0 Å². The van der Waals surface area contributed by atoms with Crippen LogP contribution < -0.4 is 10.6 Å². The quantitative estimate of drug-likeness (QED) is 0.289. The van der Waals surface area contributed by atoms with E-state index in [1.807, 2.05) is 29.1 Å². The zero-order valence-electron chi connectivity index (χ0n) is 16.1. The molecular formula is C21H24F2IN5. The van der Waals surface area contributed by atoms with Gasteiger partial charge in [-0.3, -0.25) is 4.99 Å². The van der Waals surface area contributed by atoms with Crippen molar-refractivity contribution in [2.45, 2.75) is 12.8 Å². The highest BCUT2D eigenvalue weighted by Crippen LogP contribution is 2.11. The molecule has 0 atom stereocenters. The normalized spacial score (nSPS) is 11.1. The molecule has 3 aromatic rings. The molecular weight excluding hydrogens is 487 g/mol. The Morgan fingerprint density at radius 3 is 2.38 bits per heavy atom. The van der Waals surface area contributed by atoms with E-state index in [9.17, 15) is 8.78 Å². The van der Waals surface area contributed by atoms with Crippen LogP contribution in [0.25, 0.3) is 5.69 Å². The van der Waals surface area contributed by atoms with Crippen LogP contribution in [-0.4, -0.2) is 35.9 Å². The molecule has 1 heterocycles. The van der Waals surface area contributed by atoms with Gasteiger partial charge in [-0.25, -0.2) is 13.5 Å². The minimum Gasteiger partial charge on any atom is -0.356 e. The second-order valence-electron chi connectivity index (χ2n) is 6.26. The van der Waals surface area contributed by atoms with Gasteiger partial charge < -0.3 is 10.6 Å². The summed E-state index contributed by atoms with van der Waals surface area (Å²) in [6.07, 6.45) is 4.86. The minimum atomic E-state index is -0.821. The smallest absolute Gasteiger partial charge is 0.190 e. The molecule has 29 heavy (non-hydrogen) atoms. The fourth-order valence-electron chi connectivity index (χ4n) is 2.84. The van der Waals surface area contributed by atoms with Crippen LogP contribution in [0.2, 0.25) is 0 Å². The number of halogens is 3. The van der Waals surface area contributed by atoms with Gasteiger partial charge >= 0.3 is 0 Å². The Bertz CT molecular complexity index is 911. The van der Waals surface area contributed by atoms with Crippen molar-refractivity contribution in [3.63, 3.8) is 0 Å². The van der Waals surface area contributed by atoms with Gasteiger partial charge in [-0.15, -0.1) is 24.0 Å². The van der Waals surface area contributed by atoms with Gasteiger partial charge in [0.05, 0.1) is 5.69 Å². The lowest BCUT2D eigenvalue weighted by Crippen LogP contribution is -2.39. The molecule has 0 unspecified atom stereocenters. The van der Waals surface area contributed by atoms with Crippen LogP contribution in [0.1, 0.15) is 11.1 Å². The Hall–Kier alpha value is -2.49. The standard InChI is InChI=1S/C21H23F2N5.HI/c1-24-21(26-14-11-17-4-2-5-19(22)20(17)23)25-13-10-16-6-8-18(9-7-16)28-15-3-12-27-28;/h2-9,12,15H,10-11,13-14H2,1H3,(H2,24,25,26);1H. The molecule has 8 heteroatoms. The number of nitrogens with one attached hydrogen (secondary N) is 2. The second-order valence-corrected chi connectivity index (χ2v) is 6.26. The largest absolute Gasteiger partial charge is 0.356 e. The fourth-order valence-corrected chi connectivity index (χ4v) is 2.84. The fraction of sp³-hybridized carbons (Fsp3) is 0.238. The van der Waals surface area contributed by atoms with Crippen molar-refractivity contribution in [1.82, 2.24) is 20.4 Å². The highest BCUT2D eigenvalue weighted by molar-refractivity contribution is 14.0. The number of hydrogen-bond acceptors (Lipinski definition) is 2. The predicted molar refractivity (Wildman–Crippen MR) is 122 cm³/mol. The molecule has 0 saturated carbocycles. The summed E-state index contributed by atoms with van der Waals surface area (Å²) in [6.45, 7) is 1.16. The number of benzene rings is 2. The number of aliphatic imine (C=N–C) groups is 1. The van der Waals surface area contributed by atoms with Gasteiger partial charge in [0.15, 0.2) is 17.6 Å². The van der Waals surface area contributed by atoms with E-state index in [0.29, 0.717) is 31.0 Å². The van der Waals surface area contributed by atoms with Crippen LogP contribution in [-0.2, 0) is 12.8 Å². The Labute approximate surface area is 186 Å². The molecule has 0 bridgehead atoms. The van der Waals surface area contributed by atoms with E-state index in [4.69, 9.17) is 0 Å². The van der Waals surface area contributed by atoms with Crippen LogP contribution in [0.15, 0.2) is 65.9 Å². The highest BCUT2D eigenvalue weighted by atomic mass is 127. The van der Waals surface area contributed by atoms with E-state index in [1.54, 1.807) is 19.3 Å². The first-order valence-electron chi connectivity index (χ1n) is 9.14. The summed E-state index contributed by atoms with van der Waals surface area (Å²) in [6, 6.07) is 14.3. The van der Waals surface area contributed by atoms with Gasteiger partial charge in [-0.1, -0.05) is 24.3 Å². The third kappa shape index (κ3) is 6.52. The van der Waals surface area contributed by atoms with Crippen molar-refractivity contribution in [1.29, 1.82) is 0 Å². The Morgan fingerprint density at radius 2 is 1.72 bits per heavy atom. The molecule has 3 rings (SSSR count). The van der Waals surface area contributed by atoms with Crippen LogP contribution in [0.4, 0.5) is 8.78 Å². The third-order valence-corrected chi connectivity index (χ3v) is 4.35. The van der Waals surface area contributed by atoms with E-state index < -0.39 is 11.6 Å². The molecule has 0 radical (unpaired) electrons. The Morgan fingerprint density at radius 1 is 1.00 bits per heavy atom. The summed E-state index contributed by atoms with van der Waals surface area (Å²) in [5.41, 5.74) is 2.56. The molecule has 2 N–H and O–H groups in total. The number of rotatable bonds is 7. The van der Waals surface area contributed by atoms with Gasteiger partial charge in [0.1, 0.15) is 0 Å². The molecule has 154 valence electrons. The molecule has 1 aromatic heterocycles. The van der Waals surface area contributed by atoms with Gasteiger partial charge in [0, 0.05) is 32.5 Å². The predicted octanol–water partition coefficient (Wildman–Crippen LogP) is 3.72.